The number of carbonyl (C=O) groups is 1. The molecule has 1 fully saturated rings. The number of nitrogens with two attached hydrogens (primary N) is 1. The maximum absolute atomic E-state index is 12.9. The topological polar surface area (TPSA) is 43.1 Å². The number of halogens is 1. The Morgan fingerprint density at radius 3 is 2.67 bits per heavy atom. The van der Waals surface area contributed by atoms with Crippen molar-refractivity contribution in [3.05, 3.63) is 35.6 Å². The molecule has 0 saturated heterocycles. The SMILES string of the molecule is NC(=O)C1(Cc2cccc(F)c2)CCC1. The second kappa shape index (κ2) is 3.65. The molecule has 80 valence electrons. The first-order valence-corrected chi connectivity index (χ1v) is 5.17. The van der Waals surface area contributed by atoms with Crippen molar-refractivity contribution < 1.29 is 9.18 Å². The van der Waals surface area contributed by atoms with Gasteiger partial charge in [0.05, 0.1) is 5.41 Å². The Hall–Kier alpha value is -1.38. The summed E-state index contributed by atoms with van der Waals surface area (Å²) in [5.74, 6) is -0.510. The number of hydrogen-bond acceptors (Lipinski definition) is 1. The molecule has 1 aromatic carbocycles. The molecule has 0 spiro atoms. The van der Waals surface area contributed by atoms with Crippen LogP contribution in [0.4, 0.5) is 4.39 Å². The van der Waals surface area contributed by atoms with Gasteiger partial charge in [-0.1, -0.05) is 18.6 Å². The number of amides is 1. The third-order valence-electron chi connectivity index (χ3n) is 3.26. The highest BCUT2D eigenvalue weighted by Gasteiger charge is 2.42. The van der Waals surface area contributed by atoms with E-state index in [4.69, 9.17) is 5.73 Å². The molecule has 15 heavy (non-hydrogen) atoms. The number of hydrogen-bond donors (Lipinski definition) is 1. The maximum atomic E-state index is 12.9. The first-order valence-electron chi connectivity index (χ1n) is 5.17. The quantitative estimate of drug-likeness (QED) is 0.809. The van der Waals surface area contributed by atoms with Crippen molar-refractivity contribution in [2.24, 2.45) is 11.1 Å². The molecule has 1 aromatic rings. The Kier molecular flexibility index (Phi) is 2.47. The fourth-order valence-electron chi connectivity index (χ4n) is 2.15. The first-order chi connectivity index (χ1) is 7.12. The van der Waals surface area contributed by atoms with Gasteiger partial charge in [-0.3, -0.25) is 4.79 Å². The third-order valence-corrected chi connectivity index (χ3v) is 3.26. The van der Waals surface area contributed by atoms with E-state index in [0.717, 1.165) is 24.8 Å². The number of carbonyl (C=O) groups excluding carboxylic acids is 1. The fourth-order valence-corrected chi connectivity index (χ4v) is 2.15. The van der Waals surface area contributed by atoms with E-state index in [0.29, 0.717) is 6.42 Å². The van der Waals surface area contributed by atoms with Crippen molar-refractivity contribution in [2.45, 2.75) is 25.7 Å². The van der Waals surface area contributed by atoms with Crippen LogP contribution >= 0.6 is 0 Å². The summed E-state index contributed by atoms with van der Waals surface area (Å²) < 4.78 is 12.9. The van der Waals surface area contributed by atoms with Gasteiger partial charge in [-0.15, -0.1) is 0 Å². The van der Waals surface area contributed by atoms with Crippen LogP contribution in [-0.4, -0.2) is 5.91 Å². The van der Waals surface area contributed by atoms with E-state index in [-0.39, 0.29) is 11.7 Å². The molecule has 0 radical (unpaired) electrons. The van der Waals surface area contributed by atoms with Gasteiger partial charge >= 0.3 is 0 Å². The first kappa shape index (κ1) is 10.1. The van der Waals surface area contributed by atoms with E-state index in [9.17, 15) is 9.18 Å². The molecular formula is C12H14FNO. The molecule has 0 aliphatic heterocycles. The zero-order chi connectivity index (χ0) is 10.9. The highest BCUT2D eigenvalue weighted by Crippen LogP contribution is 2.43. The van der Waals surface area contributed by atoms with E-state index < -0.39 is 5.41 Å². The van der Waals surface area contributed by atoms with Crippen LogP contribution in [0.15, 0.2) is 24.3 Å². The third kappa shape index (κ3) is 1.87. The summed E-state index contributed by atoms with van der Waals surface area (Å²) in [6.07, 6.45) is 3.27. The Balaban J connectivity index is 2.17. The molecule has 0 bridgehead atoms. The summed E-state index contributed by atoms with van der Waals surface area (Å²) in [4.78, 5) is 11.3. The van der Waals surface area contributed by atoms with Gasteiger partial charge in [0.15, 0.2) is 0 Å². The molecular weight excluding hydrogens is 193 g/mol. The van der Waals surface area contributed by atoms with Gasteiger partial charge in [-0.25, -0.2) is 4.39 Å². The normalized spacial score (nSPS) is 18.2. The number of benzene rings is 1. The average molecular weight is 207 g/mol. The smallest absolute Gasteiger partial charge is 0.223 e. The molecule has 0 atom stereocenters. The molecule has 1 aliphatic rings. The van der Waals surface area contributed by atoms with Crippen LogP contribution in [0.25, 0.3) is 0 Å². The summed E-state index contributed by atoms with van der Waals surface area (Å²) in [6.45, 7) is 0. The summed E-state index contributed by atoms with van der Waals surface area (Å²) in [6, 6.07) is 6.38. The van der Waals surface area contributed by atoms with E-state index in [1.165, 1.54) is 12.1 Å². The van der Waals surface area contributed by atoms with Crippen LogP contribution in [0.3, 0.4) is 0 Å². The van der Waals surface area contributed by atoms with Crippen molar-refractivity contribution in [1.29, 1.82) is 0 Å². The number of rotatable bonds is 3. The molecule has 0 heterocycles. The standard InChI is InChI=1S/C12H14FNO/c13-10-4-1-3-9(7-10)8-12(11(14)15)5-2-6-12/h1,3-4,7H,2,5-6,8H2,(H2,14,15). The Bertz CT molecular complexity index is 385. The van der Waals surface area contributed by atoms with E-state index in [1.807, 2.05) is 6.07 Å². The van der Waals surface area contributed by atoms with Gasteiger partial charge in [0.1, 0.15) is 5.82 Å². The van der Waals surface area contributed by atoms with Crippen LogP contribution < -0.4 is 5.73 Å². The van der Waals surface area contributed by atoms with Crippen LogP contribution in [0, 0.1) is 11.2 Å². The minimum absolute atomic E-state index is 0.252. The monoisotopic (exact) mass is 207 g/mol. The van der Waals surface area contributed by atoms with Crippen molar-refractivity contribution in [3.8, 4) is 0 Å². The molecule has 2 N–H and O–H groups in total. The maximum Gasteiger partial charge on any atom is 0.223 e. The Morgan fingerprint density at radius 2 is 2.20 bits per heavy atom. The second-order valence-electron chi connectivity index (χ2n) is 4.30. The van der Waals surface area contributed by atoms with Crippen molar-refractivity contribution in [2.75, 3.05) is 0 Å². The van der Waals surface area contributed by atoms with Gasteiger partial charge in [0.25, 0.3) is 0 Å². The molecule has 1 saturated carbocycles. The molecule has 0 unspecified atom stereocenters. The fraction of sp³-hybridized carbons (Fsp3) is 0.417. The minimum Gasteiger partial charge on any atom is -0.369 e. The Morgan fingerprint density at radius 1 is 1.47 bits per heavy atom. The average Bonchev–Trinajstić information content (AvgIpc) is 2.11. The highest BCUT2D eigenvalue weighted by atomic mass is 19.1. The summed E-state index contributed by atoms with van der Waals surface area (Å²) >= 11 is 0. The van der Waals surface area contributed by atoms with Gasteiger partial charge in [-0.05, 0) is 37.0 Å². The number of primary amides is 1. The predicted octanol–water partition coefficient (Wildman–Crippen LogP) is 2.02. The van der Waals surface area contributed by atoms with Crippen molar-refractivity contribution in [3.63, 3.8) is 0 Å². The van der Waals surface area contributed by atoms with Crippen LogP contribution in [0.5, 0.6) is 0 Å². The Labute approximate surface area is 88.3 Å². The van der Waals surface area contributed by atoms with Crippen LogP contribution in [0.2, 0.25) is 0 Å². The van der Waals surface area contributed by atoms with E-state index in [2.05, 4.69) is 0 Å². The summed E-state index contributed by atoms with van der Waals surface area (Å²) in [5.41, 5.74) is 5.83. The zero-order valence-electron chi connectivity index (χ0n) is 8.50. The summed E-state index contributed by atoms with van der Waals surface area (Å²) in [7, 11) is 0. The molecule has 2 nitrogen and oxygen atoms in total. The molecule has 2 rings (SSSR count). The largest absolute Gasteiger partial charge is 0.369 e. The summed E-state index contributed by atoms with van der Waals surface area (Å²) in [5, 5.41) is 0. The molecule has 1 aliphatic carbocycles. The van der Waals surface area contributed by atoms with Crippen LogP contribution in [0.1, 0.15) is 24.8 Å². The van der Waals surface area contributed by atoms with E-state index >= 15 is 0 Å². The zero-order valence-corrected chi connectivity index (χ0v) is 8.50. The van der Waals surface area contributed by atoms with Gasteiger partial charge in [0, 0.05) is 0 Å². The van der Waals surface area contributed by atoms with Gasteiger partial charge in [-0.2, -0.15) is 0 Å². The van der Waals surface area contributed by atoms with Crippen molar-refractivity contribution >= 4 is 5.91 Å². The van der Waals surface area contributed by atoms with Crippen LogP contribution in [-0.2, 0) is 11.2 Å². The molecule has 3 heteroatoms. The predicted molar refractivity (Wildman–Crippen MR) is 55.6 cm³/mol. The lowest BCUT2D eigenvalue weighted by Crippen LogP contribution is -2.44. The lowest BCUT2D eigenvalue weighted by atomic mass is 9.65. The highest BCUT2D eigenvalue weighted by molar-refractivity contribution is 5.82. The molecule has 1 amide bonds. The minimum atomic E-state index is -0.409. The second-order valence-corrected chi connectivity index (χ2v) is 4.30. The lowest BCUT2D eigenvalue weighted by molar-refractivity contribution is -0.132. The van der Waals surface area contributed by atoms with E-state index in [1.54, 1.807) is 6.07 Å². The van der Waals surface area contributed by atoms with Gasteiger partial charge in [0.2, 0.25) is 5.91 Å². The van der Waals surface area contributed by atoms with Gasteiger partial charge < -0.3 is 5.73 Å². The lowest BCUT2D eigenvalue weighted by Gasteiger charge is -2.38. The van der Waals surface area contributed by atoms with Crippen molar-refractivity contribution in [1.82, 2.24) is 0 Å². The molecule has 0 aromatic heterocycles.